The fourth-order valence-corrected chi connectivity index (χ4v) is 2.89. The van der Waals surface area contributed by atoms with Gasteiger partial charge in [-0.1, -0.05) is 0 Å². The second kappa shape index (κ2) is 6.84. The normalized spacial score (nSPS) is 10.8. The zero-order valence-electron chi connectivity index (χ0n) is 14.5. The minimum atomic E-state index is -0.399. The number of carbonyl (C=O) groups excluding carboxylic acids is 1. The third-order valence-corrected chi connectivity index (χ3v) is 4.27. The fraction of sp³-hybridized carbons (Fsp3) is 0.263. The van der Waals surface area contributed by atoms with Gasteiger partial charge in [0.15, 0.2) is 0 Å². The molecule has 0 radical (unpaired) electrons. The third-order valence-electron chi connectivity index (χ3n) is 4.27. The Labute approximate surface area is 146 Å². The van der Waals surface area contributed by atoms with Crippen molar-refractivity contribution in [1.29, 1.82) is 0 Å². The number of esters is 1. The smallest absolute Gasteiger partial charge is 0.337 e. The standard InChI is InChI=1S/C19H21N3O3/c1-4-22(5-2)13-7-8-14(17(23)11-13)18-20-15-9-6-12(19(24)25-3)10-16(15)21-18/h6-11,23H,4-5H2,1-3H3,(H,20,21). The van der Waals surface area contributed by atoms with Crippen LogP contribution in [0.15, 0.2) is 36.4 Å². The second-order valence-corrected chi connectivity index (χ2v) is 5.68. The molecule has 0 aliphatic carbocycles. The molecule has 0 saturated carbocycles. The van der Waals surface area contributed by atoms with Crippen molar-refractivity contribution in [2.24, 2.45) is 0 Å². The van der Waals surface area contributed by atoms with Gasteiger partial charge in [-0.05, 0) is 44.2 Å². The number of H-pyrrole nitrogens is 1. The number of anilines is 1. The van der Waals surface area contributed by atoms with E-state index in [4.69, 9.17) is 4.74 Å². The number of fused-ring (bicyclic) bond motifs is 1. The molecule has 1 heterocycles. The number of imidazole rings is 1. The molecule has 2 N–H and O–H groups in total. The molecular weight excluding hydrogens is 318 g/mol. The van der Waals surface area contributed by atoms with Crippen LogP contribution in [0.1, 0.15) is 24.2 Å². The largest absolute Gasteiger partial charge is 0.507 e. The number of carbonyl (C=O) groups is 1. The van der Waals surface area contributed by atoms with Gasteiger partial charge >= 0.3 is 5.97 Å². The molecule has 3 rings (SSSR count). The van der Waals surface area contributed by atoms with Crippen molar-refractivity contribution in [3.63, 3.8) is 0 Å². The van der Waals surface area contributed by atoms with Crippen LogP contribution in [-0.2, 0) is 4.74 Å². The highest BCUT2D eigenvalue weighted by Crippen LogP contribution is 2.32. The predicted octanol–water partition coefficient (Wildman–Crippen LogP) is 3.57. The van der Waals surface area contributed by atoms with Gasteiger partial charge in [-0.25, -0.2) is 9.78 Å². The first-order valence-corrected chi connectivity index (χ1v) is 8.23. The first kappa shape index (κ1) is 16.8. The molecule has 0 atom stereocenters. The summed E-state index contributed by atoms with van der Waals surface area (Å²) in [5.41, 5.74) is 3.47. The van der Waals surface area contributed by atoms with Gasteiger partial charge in [-0.3, -0.25) is 0 Å². The monoisotopic (exact) mass is 339 g/mol. The lowest BCUT2D eigenvalue weighted by atomic mass is 10.1. The summed E-state index contributed by atoms with van der Waals surface area (Å²) < 4.78 is 4.73. The van der Waals surface area contributed by atoms with E-state index in [-0.39, 0.29) is 5.75 Å². The summed E-state index contributed by atoms with van der Waals surface area (Å²) in [5, 5.41) is 10.4. The van der Waals surface area contributed by atoms with Gasteiger partial charge in [0, 0.05) is 24.8 Å². The average molecular weight is 339 g/mol. The topological polar surface area (TPSA) is 78.5 Å². The van der Waals surface area contributed by atoms with E-state index in [1.54, 1.807) is 24.3 Å². The maximum atomic E-state index is 11.6. The number of nitrogens with one attached hydrogen (secondary N) is 1. The van der Waals surface area contributed by atoms with Crippen molar-refractivity contribution < 1.29 is 14.6 Å². The zero-order valence-corrected chi connectivity index (χ0v) is 14.5. The number of aromatic nitrogens is 2. The molecule has 0 aliphatic heterocycles. The van der Waals surface area contributed by atoms with E-state index >= 15 is 0 Å². The van der Waals surface area contributed by atoms with Crippen LogP contribution in [0.5, 0.6) is 5.75 Å². The number of ether oxygens (including phenoxy) is 1. The van der Waals surface area contributed by atoms with Crippen molar-refractivity contribution in [2.45, 2.75) is 13.8 Å². The van der Waals surface area contributed by atoms with Gasteiger partial charge in [0.25, 0.3) is 0 Å². The van der Waals surface area contributed by atoms with Crippen LogP contribution < -0.4 is 4.90 Å². The lowest BCUT2D eigenvalue weighted by Crippen LogP contribution is -2.21. The lowest BCUT2D eigenvalue weighted by Gasteiger charge is -2.21. The van der Waals surface area contributed by atoms with Gasteiger partial charge in [0.05, 0.1) is 29.3 Å². The molecule has 0 saturated heterocycles. The minimum absolute atomic E-state index is 0.164. The Kier molecular flexibility index (Phi) is 4.61. The fourth-order valence-electron chi connectivity index (χ4n) is 2.89. The van der Waals surface area contributed by atoms with Gasteiger partial charge in [-0.15, -0.1) is 0 Å². The molecule has 6 nitrogen and oxygen atoms in total. The van der Waals surface area contributed by atoms with E-state index in [0.717, 1.165) is 24.3 Å². The number of nitrogens with zero attached hydrogens (tertiary/aromatic N) is 2. The van der Waals surface area contributed by atoms with Gasteiger partial charge in [0.1, 0.15) is 11.6 Å². The van der Waals surface area contributed by atoms with E-state index in [0.29, 0.717) is 22.5 Å². The number of phenolic OH excluding ortho intramolecular Hbond substituents is 1. The summed E-state index contributed by atoms with van der Waals surface area (Å²) in [7, 11) is 1.35. The van der Waals surface area contributed by atoms with E-state index in [9.17, 15) is 9.90 Å². The second-order valence-electron chi connectivity index (χ2n) is 5.68. The van der Waals surface area contributed by atoms with Crippen LogP contribution >= 0.6 is 0 Å². The Morgan fingerprint density at radius 2 is 1.96 bits per heavy atom. The van der Waals surface area contributed by atoms with Crippen molar-refractivity contribution in [2.75, 3.05) is 25.1 Å². The SMILES string of the molecule is CCN(CC)c1ccc(-c2nc3ccc(C(=O)OC)cc3[nH]2)c(O)c1. The molecule has 0 unspecified atom stereocenters. The maximum Gasteiger partial charge on any atom is 0.337 e. The molecule has 0 spiro atoms. The number of benzene rings is 2. The highest BCUT2D eigenvalue weighted by Gasteiger charge is 2.13. The van der Waals surface area contributed by atoms with Crippen molar-refractivity contribution in [1.82, 2.24) is 9.97 Å². The van der Waals surface area contributed by atoms with E-state index in [1.165, 1.54) is 7.11 Å². The molecule has 0 amide bonds. The number of phenols is 1. The Balaban J connectivity index is 2.00. The summed E-state index contributed by atoms with van der Waals surface area (Å²) in [6.45, 7) is 5.89. The predicted molar refractivity (Wildman–Crippen MR) is 98.1 cm³/mol. The van der Waals surface area contributed by atoms with Crippen LogP contribution in [0, 0.1) is 0 Å². The quantitative estimate of drug-likeness (QED) is 0.695. The molecule has 25 heavy (non-hydrogen) atoms. The molecule has 3 aromatic rings. The lowest BCUT2D eigenvalue weighted by molar-refractivity contribution is 0.0601. The minimum Gasteiger partial charge on any atom is -0.507 e. The summed E-state index contributed by atoms with van der Waals surface area (Å²) in [5.74, 6) is 0.321. The van der Waals surface area contributed by atoms with Crippen LogP contribution in [0.3, 0.4) is 0 Å². The molecule has 1 aromatic heterocycles. The molecule has 0 bridgehead atoms. The molecule has 0 aliphatic rings. The highest BCUT2D eigenvalue weighted by atomic mass is 16.5. The number of aromatic amines is 1. The Morgan fingerprint density at radius 3 is 2.60 bits per heavy atom. The number of aromatic hydroxyl groups is 1. The van der Waals surface area contributed by atoms with Crippen LogP contribution in [-0.4, -0.2) is 41.2 Å². The number of rotatable bonds is 5. The van der Waals surface area contributed by atoms with Crippen LogP contribution in [0.25, 0.3) is 22.4 Å². The van der Waals surface area contributed by atoms with Crippen molar-refractivity contribution >= 4 is 22.7 Å². The van der Waals surface area contributed by atoms with Gasteiger partial charge < -0.3 is 19.7 Å². The van der Waals surface area contributed by atoms with Gasteiger partial charge in [-0.2, -0.15) is 0 Å². The van der Waals surface area contributed by atoms with Crippen molar-refractivity contribution in [3.05, 3.63) is 42.0 Å². The van der Waals surface area contributed by atoms with E-state index in [1.807, 2.05) is 12.1 Å². The number of hydrogen-bond acceptors (Lipinski definition) is 5. The first-order valence-electron chi connectivity index (χ1n) is 8.23. The molecule has 6 heteroatoms. The first-order chi connectivity index (χ1) is 12.1. The van der Waals surface area contributed by atoms with E-state index < -0.39 is 5.97 Å². The summed E-state index contributed by atoms with van der Waals surface area (Å²) in [6.07, 6.45) is 0. The Morgan fingerprint density at radius 1 is 1.20 bits per heavy atom. The maximum absolute atomic E-state index is 11.6. The number of methoxy groups -OCH3 is 1. The molecule has 130 valence electrons. The Bertz CT molecular complexity index is 913. The highest BCUT2D eigenvalue weighted by molar-refractivity contribution is 5.94. The molecule has 2 aromatic carbocycles. The summed E-state index contributed by atoms with van der Waals surface area (Å²) in [4.78, 5) is 21.5. The van der Waals surface area contributed by atoms with Crippen LogP contribution in [0.4, 0.5) is 5.69 Å². The van der Waals surface area contributed by atoms with Crippen LogP contribution in [0.2, 0.25) is 0 Å². The summed E-state index contributed by atoms with van der Waals surface area (Å²) in [6, 6.07) is 10.7. The Hall–Kier alpha value is -3.02. The third kappa shape index (κ3) is 3.15. The molecular formula is C19H21N3O3. The molecule has 0 fully saturated rings. The number of hydrogen-bond donors (Lipinski definition) is 2. The zero-order chi connectivity index (χ0) is 18.0. The van der Waals surface area contributed by atoms with E-state index in [2.05, 4.69) is 28.7 Å². The van der Waals surface area contributed by atoms with Gasteiger partial charge in [0.2, 0.25) is 0 Å². The summed E-state index contributed by atoms with van der Waals surface area (Å²) >= 11 is 0. The average Bonchev–Trinajstić information content (AvgIpc) is 3.05. The van der Waals surface area contributed by atoms with Crippen molar-refractivity contribution in [3.8, 4) is 17.1 Å².